The number of nitrogens with zero attached hydrogens (tertiary/aromatic N) is 2. The second-order valence-corrected chi connectivity index (χ2v) is 6.88. The van der Waals surface area contributed by atoms with E-state index in [0.29, 0.717) is 0 Å². The van der Waals surface area contributed by atoms with Crippen LogP contribution in [0.2, 0.25) is 0 Å². The van der Waals surface area contributed by atoms with Crippen molar-refractivity contribution in [2.24, 2.45) is 4.99 Å². The molecule has 0 radical (unpaired) electrons. The minimum atomic E-state index is 0.104. The summed E-state index contributed by atoms with van der Waals surface area (Å²) in [5.41, 5.74) is 3.13. The maximum Gasteiger partial charge on any atom is 0.125 e. The first-order chi connectivity index (χ1) is 11.8. The predicted molar refractivity (Wildman–Crippen MR) is 97.5 cm³/mol. The van der Waals surface area contributed by atoms with Crippen LogP contribution in [0.25, 0.3) is 0 Å². The number of thioether (sulfide) groups is 1. The second kappa shape index (κ2) is 6.53. The zero-order valence-corrected chi connectivity index (χ0v) is 13.8. The lowest BCUT2D eigenvalue weighted by molar-refractivity contribution is 0.474. The SMILES string of the molecule is Oc1ccccc1C1=NC(Cc2cnc[nH]2)C(c2ccccc2)S1. The van der Waals surface area contributed by atoms with Crippen LogP contribution in [0, 0.1) is 0 Å². The van der Waals surface area contributed by atoms with Gasteiger partial charge in [0.25, 0.3) is 0 Å². The van der Waals surface area contributed by atoms with E-state index in [1.807, 2.05) is 30.5 Å². The van der Waals surface area contributed by atoms with Crippen molar-refractivity contribution in [1.29, 1.82) is 0 Å². The van der Waals surface area contributed by atoms with E-state index in [1.165, 1.54) is 5.56 Å². The van der Waals surface area contributed by atoms with E-state index in [9.17, 15) is 5.11 Å². The molecule has 0 spiro atoms. The van der Waals surface area contributed by atoms with Gasteiger partial charge >= 0.3 is 0 Å². The van der Waals surface area contributed by atoms with Gasteiger partial charge < -0.3 is 10.1 Å². The molecule has 1 aliphatic heterocycles. The molecule has 2 N–H and O–H groups in total. The maximum absolute atomic E-state index is 10.2. The van der Waals surface area contributed by atoms with Crippen molar-refractivity contribution in [3.05, 3.63) is 83.9 Å². The van der Waals surface area contributed by atoms with Gasteiger partial charge in [0.05, 0.1) is 17.6 Å². The third-order valence-corrected chi connectivity index (χ3v) is 5.51. The molecule has 24 heavy (non-hydrogen) atoms. The van der Waals surface area contributed by atoms with Crippen molar-refractivity contribution < 1.29 is 5.11 Å². The highest BCUT2D eigenvalue weighted by Crippen LogP contribution is 2.44. The van der Waals surface area contributed by atoms with E-state index < -0.39 is 0 Å². The number of hydrogen-bond donors (Lipinski definition) is 2. The van der Waals surface area contributed by atoms with Crippen LogP contribution in [-0.4, -0.2) is 26.2 Å². The number of para-hydroxylation sites is 1. The zero-order valence-electron chi connectivity index (χ0n) is 13.0. The van der Waals surface area contributed by atoms with Gasteiger partial charge in [-0.2, -0.15) is 0 Å². The van der Waals surface area contributed by atoms with Crippen LogP contribution < -0.4 is 0 Å². The summed E-state index contributed by atoms with van der Waals surface area (Å²) >= 11 is 1.72. The Balaban J connectivity index is 1.68. The largest absolute Gasteiger partial charge is 0.507 e. The predicted octanol–water partition coefficient (Wildman–Crippen LogP) is 3.96. The molecular formula is C19H17N3OS. The summed E-state index contributed by atoms with van der Waals surface area (Å²) in [7, 11) is 0. The van der Waals surface area contributed by atoms with Gasteiger partial charge in [0, 0.05) is 23.9 Å². The first kappa shape index (κ1) is 15.0. The second-order valence-electron chi connectivity index (χ2n) is 5.75. The number of nitrogens with one attached hydrogen (secondary N) is 1. The van der Waals surface area contributed by atoms with Gasteiger partial charge in [0.15, 0.2) is 0 Å². The van der Waals surface area contributed by atoms with Crippen LogP contribution in [-0.2, 0) is 6.42 Å². The molecule has 1 aromatic heterocycles. The van der Waals surface area contributed by atoms with Gasteiger partial charge in [-0.1, -0.05) is 54.2 Å². The lowest BCUT2D eigenvalue weighted by Crippen LogP contribution is -2.13. The summed E-state index contributed by atoms with van der Waals surface area (Å²) in [5.74, 6) is 0.276. The van der Waals surface area contributed by atoms with Crippen LogP contribution in [0.1, 0.15) is 22.1 Å². The molecule has 0 saturated heterocycles. The molecule has 3 aromatic rings. The van der Waals surface area contributed by atoms with Crippen molar-refractivity contribution in [3.63, 3.8) is 0 Å². The van der Waals surface area contributed by atoms with E-state index in [4.69, 9.17) is 4.99 Å². The standard InChI is InChI=1S/C19H17N3OS/c23-17-9-5-4-8-15(17)19-22-16(10-14-11-20-12-21-14)18(24-19)13-6-2-1-3-7-13/h1-9,11-12,16,18,23H,10H2,(H,20,21). The number of rotatable bonds is 4. The Morgan fingerprint density at radius 1 is 1.04 bits per heavy atom. The van der Waals surface area contributed by atoms with Gasteiger partial charge in [-0.05, 0) is 17.7 Å². The molecule has 0 amide bonds. The smallest absolute Gasteiger partial charge is 0.125 e. The third kappa shape index (κ3) is 2.95. The number of phenols is 1. The van der Waals surface area contributed by atoms with E-state index >= 15 is 0 Å². The average Bonchev–Trinajstić information content (AvgIpc) is 3.26. The van der Waals surface area contributed by atoms with Crippen molar-refractivity contribution in [1.82, 2.24) is 9.97 Å². The molecule has 0 aliphatic carbocycles. The fraction of sp³-hybridized carbons (Fsp3) is 0.158. The number of hydrogen-bond acceptors (Lipinski definition) is 4. The number of benzene rings is 2. The Hall–Kier alpha value is -2.53. The molecule has 5 heteroatoms. The fourth-order valence-electron chi connectivity index (χ4n) is 2.94. The average molecular weight is 335 g/mol. The quantitative estimate of drug-likeness (QED) is 0.758. The van der Waals surface area contributed by atoms with Gasteiger partial charge in [0.2, 0.25) is 0 Å². The van der Waals surface area contributed by atoms with Crippen molar-refractivity contribution in [2.45, 2.75) is 17.7 Å². The van der Waals surface area contributed by atoms with Gasteiger partial charge in [-0.15, -0.1) is 0 Å². The highest BCUT2D eigenvalue weighted by atomic mass is 32.2. The lowest BCUT2D eigenvalue weighted by Gasteiger charge is -2.16. The lowest BCUT2D eigenvalue weighted by atomic mass is 10.0. The summed E-state index contributed by atoms with van der Waals surface area (Å²) in [6.45, 7) is 0. The van der Waals surface area contributed by atoms with Gasteiger partial charge in [-0.25, -0.2) is 4.98 Å². The molecule has 120 valence electrons. The summed E-state index contributed by atoms with van der Waals surface area (Å²) < 4.78 is 0. The number of aromatic nitrogens is 2. The summed E-state index contributed by atoms with van der Waals surface area (Å²) in [6, 6.07) is 17.9. The summed E-state index contributed by atoms with van der Waals surface area (Å²) in [4.78, 5) is 12.2. The number of aromatic hydroxyl groups is 1. The maximum atomic E-state index is 10.2. The highest BCUT2D eigenvalue weighted by molar-refractivity contribution is 8.15. The molecule has 4 rings (SSSR count). The van der Waals surface area contributed by atoms with Crippen LogP contribution in [0.15, 0.2) is 72.1 Å². The number of H-pyrrole nitrogens is 1. The Labute approximate surface area is 144 Å². The minimum Gasteiger partial charge on any atom is -0.507 e. The van der Waals surface area contributed by atoms with Crippen LogP contribution in [0.5, 0.6) is 5.75 Å². The van der Waals surface area contributed by atoms with Crippen LogP contribution in [0.4, 0.5) is 0 Å². The number of imidazole rings is 1. The van der Waals surface area contributed by atoms with Gasteiger partial charge in [0.1, 0.15) is 10.8 Å². The Bertz CT molecular complexity index is 846. The fourth-order valence-corrected chi connectivity index (χ4v) is 4.29. The topological polar surface area (TPSA) is 61.3 Å². The van der Waals surface area contributed by atoms with E-state index in [-0.39, 0.29) is 17.0 Å². The van der Waals surface area contributed by atoms with E-state index in [1.54, 1.807) is 24.2 Å². The van der Waals surface area contributed by atoms with E-state index in [0.717, 1.165) is 22.7 Å². The number of aliphatic imine (C=N–C) groups is 1. The number of phenolic OH excluding ortho intramolecular Hbond substituents is 1. The number of aromatic amines is 1. The monoisotopic (exact) mass is 335 g/mol. The molecular weight excluding hydrogens is 318 g/mol. The minimum absolute atomic E-state index is 0.104. The first-order valence-corrected chi connectivity index (χ1v) is 8.74. The Morgan fingerprint density at radius 2 is 1.83 bits per heavy atom. The molecule has 4 nitrogen and oxygen atoms in total. The van der Waals surface area contributed by atoms with Crippen LogP contribution in [0.3, 0.4) is 0 Å². The molecule has 2 unspecified atom stereocenters. The van der Waals surface area contributed by atoms with Crippen molar-refractivity contribution in [3.8, 4) is 5.75 Å². The van der Waals surface area contributed by atoms with Gasteiger partial charge in [-0.3, -0.25) is 4.99 Å². The molecule has 2 aromatic carbocycles. The summed E-state index contributed by atoms with van der Waals surface area (Å²) in [5, 5.41) is 11.3. The molecule has 0 fully saturated rings. The molecule has 1 aliphatic rings. The summed E-state index contributed by atoms with van der Waals surface area (Å²) in [6.07, 6.45) is 4.34. The first-order valence-electron chi connectivity index (χ1n) is 7.86. The Morgan fingerprint density at radius 3 is 2.58 bits per heavy atom. The molecule has 0 saturated carbocycles. The van der Waals surface area contributed by atoms with Crippen molar-refractivity contribution >= 4 is 16.8 Å². The third-order valence-electron chi connectivity index (χ3n) is 4.12. The molecule has 2 atom stereocenters. The highest BCUT2D eigenvalue weighted by Gasteiger charge is 2.33. The Kier molecular flexibility index (Phi) is 4.09. The normalized spacial score (nSPS) is 20.1. The van der Waals surface area contributed by atoms with Crippen molar-refractivity contribution in [2.75, 3.05) is 0 Å². The van der Waals surface area contributed by atoms with Crippen LogP contribution >= 0.6 is 11.8 Å². The molecule has 0 bridgehead atoms. The van der Waals surface area contributed by atoms with E-state index in [2.05, 4.69) is 34.2 Å². The molecule has 2 heterocycles. The zero-order chi connectivity index (χ0) is 16.4.